The van der Waals surface area contributed by atoms with Crippen molar-refractivity contribution in [3.63, 3.8) is 0 Å². The Bertz CT molecular complexity index is 1000. The monoisotopic (exact) mass is 421 g/mol. The fourth-order valence-corrected chi connectivity index (χ4v) is 2.99. The summed E-state index contributed by atoms with van der Waals surface area (Å²) >= 11 is 0. The molecule has 0 saturated heterocycles. The van der Waals surface area contributed by atoms with Gasteiger partial charge in [-0.2, -0.15) is 13.5 Å². The molecule has 0 unspecified atom stereocenters. The third-order valence-electron chi connectivity index (χ3n) is 3.48. The van der Waals surface area contributed by atoms with Gasteiger partial charge in [0.25, 0.3) is 15.7 Å². The number of carbonyl (C=O) groups excluding carboxylic acids is 1. The second-order valence-corrected chi connectivity index (χ2v) is 7.41. The van der Waals surface area contributed by atoms with Crippen molar-refractivity contribution in [2.24, 2.45) is 5.10 Å². The Morgan fingerprint density at radius 1 is 1.10 bits per heavy atom. The molecular formula is C18H19N3O7S. The number of nitro benzene ring substituents is 1. The zero-order chi connectivity index (χ0) is 21.4. The smallest absolute Gasteiger partial charge is 0.311 e. The van der Waals surface area contributed by atoms with Crippen LogP contribution in [0, 0.1) is 10.1 Å². The van der Waals surface area contributed by atoms with E-state index in [2.05, 4.69) is 9.93 Å². The summed E-state index contributed by atoms with van der Waals surface area (Å²) in [6.45, 7) is 3.40. The minimum Gasteiger partial charge on any atom is -0.466 e. The Kier molecular flexibility index (Phi) is 7.26. The molecule has 0 aliphatic heterocycles. The van der Waals surface area contributed by atoms with E-state index >= 15 is 0 Å². The van der Waals surface area contributed by atoms with Crippen LogP contribution in [0.4, 0.5) is 5.69 Å². The van der Waals surface area contributed by atoms with Crippen LogP contribution < -0.4 is 9.57 Å². The lowest BCUT2D eigenvalue weighted by Gasteiger charge is -2.08. The van der Waals surface area contributed by atoms with Crippen molar-refractivity contribution in [3.8, 4) is 11.5 Å². The van der Waals surface area contributed by atoms with Crippen molar-refractivity contribution in [2.45, 2.75) is 25.2 Å². The van der Waals surface area contributed by atoms with Crippen LogP contribution in [0.3, 0.4) is 0 Å². The number of benzene rings is 2. The molecule has 0 spiro atoms. The number of nitrogens with one attached hydrogen (secondary N) is 1. The second kappa shape index (κ2) is 9.64. The standard InChI is InChI=1S/C18H19N3O7S/c1-3-27-18(22)12-13(2)19-20-29(25,26)17-10-8-16(9-11-17)28-15-6-4-14(5-7-15)21(23)24/h4-11,20H,3,12H2,1-2H3/b19-13-. The van der Waals surface area contributed by atoms with Crippen molar-refractivity contribution in [1.29, 1.82) is 0 Å². The first kappa shape index (κ1) is 21.8. The van der Waals surface area contributed by atoms with Gasteiger partial charge in [0.15, 0.2) is 0 Å². The van der Waals surface area contributed by atoms with Gasteiger partial charge >= 0.3 is 5.97 Å². The van der Waals surface area contributed by atoms with E-state index in [-0.39, 0.29) is 29.3 Å². The molecule has 0 saturated carbocycles. The highest BCUT2D eigenvalue weighted by Gasteiger charge is 2.14. The first-order valence-electron chi connectivity index (χ1n) is 8.44. The third kappa shape index (κ3) is 6.57. The number of sulfonamides is 1. The van der Waals surface area contributed by atoms with Crippen molar-refractivity contribution < 1.29 is 27.6 Å². The van der Waals surface area contributed by atoms with Gasteiger partial charge in [-0.25, -0.2) is 4.83 Å². The second-order valence-electron chi connectivity index (χ2n) is 5.75. The lowest BCUT2D eigenvalue weighted by atomic mass is 10.3. The van der Waals surface area contributed by atoms with Crippen molar-refractivity contribution >= 4 is 27.4 Å². The van der Waals surface area contributed by atoms with Crippen LogP contribution in [0.15, 0.2) is 58.5 Å². The first-order chi connectivity index (χ1) is 13.7. The predicted molar refractivity (Wildman–Crippen MR) is 104 cm³/mol. The maximum absolute atomic E-state index is 12.3. The number of nitro groups is 1. The number of nitrogens with zero attached hydrogens (tertiary/aromatic N) is 2. The molecule has 2 aromatic carbocycles. The molecule has 0 bridgehead atoms. The maximum atomic E-state index is 12.3. The number of hydrogen-bond donors (Lipinski definition) is 1. The summed E-state index contributed by atoms with van der Waals surface area (Å²) < 4.78 is 34.9. The molecule has 0 heterocycles. The average Bonchev–Trinajstić information content (AvgIpc) is 2.67. The quantitative estimate of drug-likeness (QED) is 0.284. The van der Waals surface area contributed by atoms with Gasteiger partial charge in [0, 0.05) is 17.8 Å². The van der Waals surface area contributed by atoms with Gasteiger partial charge in [0.05, 0.1) is 22.8 Å². The van der Waals surface area contributed by atoms with Crippen LogP contribution in [-0.4, -0.2) is 31.6 Å². The Morgan fingerprint density at radius 2 is 1.66 bits per heavy atom. The molecular weight excluding hydrogens is 402 g/mol. The predicted octanol–water partition coefficient (Wildman–Crippen LogP) is 2.99. The normalized spacial score (nSPS) is 11.6. The summed E-state index contributed by atoms with van der Waals surface area (Å²) in [5.41, 5.74) is 0.189. The van der Waals surface area contributed by atoms with Crippen LogP contribution in [-0.2, 0) is 19.6 Å². The number of hydrazone groups is 1. The average molecular weight is 421 g/mol. The third-order valence-corrected chi connectivity index (χ3v) is 4.70. The molecule has 0 atom stereocenters. The largest absolute Gasteiger partial charge is 0.466 e. The zero-order valence-corrected chi connectivity index (χ0v) is 16.5. The van der Waals surface area contributed by atoms with Crippen molar-refractivity contribution in [2.75, 3.05) is 6.61 Å². The van der Waals surface area contributed by atoms with Gasteiger partial charge in [-0.05, 0) is 50.2 Å². The van der Waals surface area contributed by atoms with E-state index in [0.717, 1.165) is 0 Å². The molecule has 29 heavy (non-hydrogen) atoms. The minimum atomic E-state index is -3.93. The first-order valence-corrected chi connectivity index (χ1v) is 9.92. The van der Waals surface area contributed by atoms with Gasteiger partial charge in [-0.1, -0.05) is 0 Å². The highest BCUT2D eigenvalue weighted by molar-refractivity contribution is 7.89. The molecule has 10 nitrogen and oxygen atoms in total. The van der Waals surface area contributed by atoms with E-state index in [1.165, 1.54) is 55.5 Å². The van der Waals surface area contributed by atoms with Crippen LogP contribution in [0.2, 0.25) is 0 Å². The molecule has 11 heteroatoms. The Labute approximate surface area is 167 Å². The highest BCUT2D eigenvalue weighted by atomic mass is 32.2. The van der Waals surface area contributed by atoms with Gasteiger partial charge in [0.1, 0.15) is 11.5 Å². The van der Waals surface area contributed by atoms with Gasteiger partial charge in [-0.15, -0.1) is 0 Å². The molecule has 0 aromatic heterocycles. The van der Waals surface area contributed by atoms with Crippen molar-refractivity contribution in [3.05, 3.63) is 58.6 Å². The number of non-ortho nitro benzene ring substituents is 1. The van der Waals surface area contributed by atoms with Crippen LogP contribution in [0.25, 0.3) is 0 Å². The molecule has 0 fully saturated rings. The van der Waals surface area contributed by atoms with E-state index in [9.17, 15) is 23.3 Å². The molecule has 0 radical (unpaired) electrons. The number of carbonyl (C=O) groups is 1. The molecule has 2 aromatic rings. The molecule has 1 N–H and O–H groups in total. The molecule has 0 aliphatic carbocycles. The van der Waals surface area contributed by atoms with E-state index in [0.29, 0.717) is 11.5 Å². The SMILES string of the molecule is CCOC(=O)C/C(C)=N\NS(=O)(=O)c1ccc(Oc2ccc([N+](=O)[O-])cc2)cc1. The lowest BCUT2D eigenvalue weighted by Crippen LogP contribution is -2.20. The number of ether oxygens (including phenoxy) is 2. The molecule has 0 aliphatic rings. The Morgan fingerprint density at radius 3 is 2.17 bits per heavy atom. The van der Waals surface area contributed by atoms with E-state index in [1.807, 2.05) is 0 Å². The summed E-state index contributed by atoms with van der Waals surface area (Å²) in [5.74, 6) is 0.212. The summed E-state index contributed by atoms with van der Waals surface area (Å²) in [6.07, 6.45) is -0.127. The number of rotatable bonds is 9. The van der Waals surface area contributed by atoms with Crippen LogP contribution in [0.5, 0.6) is 11.5 Å². The molecule has 2 rings (SSSR count). The summed E-state index contributed by atoms with van der Waals surface area (Å²) in [6, 6.07) is 11.0. The Hall–Kier alpha value is -3.47. The van der Waals surface area contributed by atoms with E-state index in [4.69, 9.17) is 9.47 Å². The minimum absolute atomic E-state index is 0.0544. The molecule has 154 valence electrons. The fraction of sp³-hybridized carbons (Fsp3) is 0.222. The van der Waals surface area contributed by atoms with Gasteiger partial charge < -0.3 is 9.47 Å². The van der Waals surface area contributed by atoms with Crippen LogP contribution >= 0.6 is 0 Å². The van der Waals surface area contributed by atoms with E-state index < -0.39 is 20.9 Å². The fourth-order valence-electron chi connectivity index (χ4n) is 2.11. The summed E-state index contributed by atoms with van der Waals surface area (Å²) in [4.78, 5) is 23.5. The van der Waals surface area contributed by atoms with E-state index in [1.54, 1.807) is 6.92 Å². The zero-order valence-electron chi connectivity index (χ0n) is 15.7. The van der Waals surface area contributed by atoms with Crippen LogP contribution in [0.1, 0.15) is 20.3 Å². The Balaban J connectivity index is 2.02. The molecule has 0 amide bonds. The summed E-state index contributed by atoms with van der Waals surface area (Å²) in [7, 11) is -3.93. The van der Waals surface area contributed by atoms with Gasteiger partial charge in [0.2, 0.25) is 0 Å². The highest BCUT2D eigenvalue weighted by Crippen LogP contribution is 2.24. The maximum Gasteiger partial charge on any atom is 0.311 e. The van der Waals surface area contributed by atoms with Crippen molar-refractivity contribution in [1.82, 2.24) is 4.83 Å². The topological polar surface area (TPSA) is 137 Å². The number of esters is 1. The number of hydrogen-bond acceptors (Lipinski definition) is 8. The van der Waals surface area contributed by atoms with Gasteiger partial charge in [-0.3, -0.25) is 14.9 Å². The lowest BCUT2D eigenvalue weighted by molar-refractivity contribution is -0.384. The summed E-state index contributed by atoms with van der Waals surface area (Å²) in [5, 5.41) is 14.3.